The first-order valence-electron chi connectivity index (χ1n) is 11.6. The Labute approximate surface area is 212 Å². The molecule has 1 N–H and O–H groups in total. The van der Waals surface area contributed by atoms with E-state index in [-0.39, 0.29) is 11.8 Å². The number of hydrogen-bond donors (Lipinski definition) is 1. The van der Waals surface area contributed by atoms with Crippen molar-refractivity contribution in [1.82, 2.24) is 24.7 Å². The number of aromatic nitrogens is 5. The smallest absolute Gasteiger partial charge is 0.243 e. The van der Waals surface area contributed by atoms with Gasteiger partial charge in [0, 0.05) is 5.92 Å². The summed E-state index contributed by atoms with van der Waals surface area (Å²) in [6.45, 7) is 0. The largest absolute Gasteiger partial charge is 0.494 e. The van der Waals surface area contributed by atoms with E-state index in [1.807, 2.05) is 0 Å². The second-order valence-corrected chi connectivity index (χ2v) is 10.4. The Morgan fingerprint density at radius 3 is 2.38 bits per heavy atom. The molecule has 194 valence electrons. The van der Waals surface area contributed by atoms with Crippen molar-refractivity contribution in [2.45, 2.75) is 36.9 Å². The van der Waals surface area contributed by atoms with Crippen LogP contribution in [0.4, 0.5) is 10.3 Å². The zero-order chi connectivity index (χ0) is 26.0. The Balaban J connectivity index is 1.60. The number of methoxy groups -OCH3 is 2. The van der Waals surface area contributed by atoms with E-state index in [1.54, 1.807) is 30.3 Å². The number of anilines is 1. The number of halogens is 1. The lowest BCUT2D eigenvalue weighted by molar-refractivity contribution is 0.391. The highest BCUT2D eigenvalue weighted by Gasteiger charge is 2.39. The second kappa shape index (κ2) is 10.2. The van der Waals surface area contributed by atoms with Crippen molar-refractivity contribution in [2.75, 3.05) is 18.9 Å². The molecule has 3 heterocycles. The Hall–Kier alpha value is -4.00. The van der Waals surface area contributed by atoms with Crippen LogP contribution in [0.2, 0.25) is 0 Å². The predicted molar refractivity (Wildman–Crippen MR) is 132 cm³/mol. The number of benzene rings is 1. The topological polar surface area (TPSA) is 134 Å². The number of ether oxygens (including phenoxy) is 2. The van der Waals surface area contributed by atoms with Crippen LogP contribution < -0.4 is 14.2 Å². The third-order valence-electron chi connectivity index (χ3n) is 6.34. The molecule has 0 bridgehead atoms. The molecule has 4 aromatic rings. The summed E-state index contributed by atoms with van der Waals surface area (Å²) < 4.78 is 61.8. The molecule has 1 aliphatic rings. The van der Waals surface area contributed by atoms with E-state index in [2.05, 4.69) is 24.9 Å². The lowest BCUT2D eigenvalue weighted by Crippen LogP contribution is -2.37. The van der Waals surface area contributed by atoms with Gasteiger partial charge >= 0.3 is 0 Å². The molecule has 1 saturated carbocycles. The molecular formula is C24H25FN6O5S. The van der Waals surface area contributed by atoms with Crippen molar-refractivity contribution in [3.63, 3.8) is 0 Å². The minimum Gasteiger partial charge on any atom is -0.494 e. The van der Waals surface area contributed by atoms with Gasteiger partial charge in [0.1, 0.15) is 23.0 Å². The molecule has 0 unspecified atom stereocenters. The summed E-state index contributed by atoms with van der Waals surface area (Å²) in [5.41, 5.74) is 0.392. The monoisotopic (exact) mass is 528 g/mol. The maximum atomic E-state index is 13.8. The van der Waals surface area contributed by atoms with Crippen LogP contribution in [0.15, 0.2) is 53.4 Å². The van der Waals surface area contributed by atoms with Crippen LogP contribution in [0.1, 0.15) is 37.4 Å². The van der Waals surface area contributed by atoms with Gasteiger partial charge in [0.2, 0.25) is 21.8 Å². The van der Waals surface area contributed by atoms with E-state index in [0.29, 0.717) is 48.0 Å². The van der Waals surface area contributed by atoms with Gasteiger partial charge in [-0.1, -0.05) is 18.9 Å². The van der Waals surface area contributed by atoms with Crippen molar-refractivity contribution in [1.29, 1.82) is 0 Å². The van der Waals surface area contributed by atoms with Gasteiger partial charge in [-0.3, -0.25) is 9.29 Å². The number of nitrogens with zero attached hydrogens (tertiary/aromatic N) is 5. The third-order valence-corrected chi connectivity index (χ3v) is 8.17. The van der Waals surface area contributed by atoms with Crippen LogP contribution in [0.5, 0.6) is 11.5 Å². The molecule has 2 atom stereocenters. The molecule has 13 heteroatoms. The molecular weight excluding hydrogens is 503 g/mol. The molecule has 37 heavy (non-hydrogen) atoms. The van der Waals surface area contributed by atoms with Crippen molar-refractivity contribution in [3.05, 3.63) is 60.6 Å². The second-order valence-electron chi connectivity index (χ2n) is 8.51. The average molecular weight is 529 g/mol. The predicted octanol–water partition coefficient (Wildman–Crippen LogP) is 3.94. The number of rotatable bonds is 8. The maximum absolute atomic E-state index is 13.8. The van der Waals surface area contributed by atoms with Gasteiger partial charge in [-0.2, -0.15) is 0 Å². The van der Waals surface area contributed by atoms with Gasteiger partial charge in [-0.15, -0.1) is 10.2 Å². The fourth-order valence-electron chi connectivity index (χ4n) is 4.66. The highest BCUT2D eigenvalue weighted by molar-refractivity contribution is 7.93. The van der Waals surface area contributed by atoms with Crippen LogP contribution >= 0.6 is 0 Å². The number of sulfonamides is 1. The standard InChI is InChI=1S/C24H25FN6O5S/c1-34-17-8-5-9-18(35-2)21(17)31-23(19-10-6-12-36-19)28-29-24(31)30-37(32,33)20-11-4-3-7-16(20)22-26-13-15(25)14-27-22/h5-6,8-10,12-14,16,20H,3-4,7,11H2,1-2H3,(H,29,30)/t16-,20-/m1/s1. The van der Waals surface area contributed by atoms with Crippen LogP contribution in [-0.4, -0.2) is 52.6 Å². The molecule has 0 spiro atoms. The Kier molecular flexibility index (Phi) is 6.78. The normalized spacial score (nSPS) is 17.9. The summed E-state index contributed by atoms with van der Waals surface area (Å²) in [6, 6.07) is 8.55. The van der Waals surface area contributed by atoms with Gasteiger partial charge in [0.25, 0.3) is 0 Å². The Morgan fingerprint density at radius 1 is 1.03 bits per heavy atom. The molecule has 0 radical (unpaired) electrons. The Morgan fingerprint density at radius 2 is 1.73 bits per heavy atom. The van der Waals surface area contributed by atoms with Crippen LogP contribution in [-0.2, 0) is 10.0 Å². The lowest BCUT2D eigenvalue weighted by Gasteiger charge is -2.30. The van der Waals surface area contributed by atoms with Gasteiger partial charge in [-0.25, -0.2) is 22.8 Å². The van der Waals surface area contributed by atoms with E-state index in [4.69, 9.17) is 13.9 Å². The molecule has 1 fully saturated rings. The number of hydrogen-bond acceptors (Lipinski definition) is 9. The van der Waals surface area contributed by atoms with Crippen molar-refractivity contribution in [3.8, 4) is 28.8 Å². The van der Waals surface area contributed by atoms with Gasteiger partial charge < -0.3 is 13.9 Å². The molecule has 1 aliphatic carbocycles. The van der Waals surface area contributed by atoms with Gasteiger partial charge in [-0.05, 0) is 37.1 Å². The summed E-state index contributed by atoms with van der Waals surface area (Å²) in [4.78, 5) is 8.13. The SMILES string of the molecule is COc1cccc(OC)c1-n1c(NS(=O)(=O)[C@@H]2CCCC[C@H]2c2ncc(F)cn2)nnc1-c1ccco1. The molecule has 0 saturated heterocycles. The summed E-state index contributed by atoms with van der Waals surface area (Å²) in [6.07, 6.45) is 6.05. The molecule has 11 nitrogen and oxygen atoms in total. The van der Waals surface area contributed by atoms with Crippen molar-refractivity contribution >= 4 is 16.0 Å². The summed E-state index contributed by atoms with van der Waals surface area (Å²) in [7, 11) is -1.04. The summed E-state index contributed by atoms with van der Waals surface area (Å²) in [5.74, 6) is 0.549. The number of para-hydroxylation sites is 1. The van der Waals surface area contributed by atoms with Crippen LogP contribution in [0.3, 0.4) is 0 Å². The third kappa shape index (κ3) is 4.73. The first-order chi connectivity index (χ1) is 17.9. The lowest BCUT2D eigenvalue weighted by atomic mass is 9.88. The zero-order valence-electron chi connectivity index (χ0n) is 20.2. The summed E-state index contributed by atoms with van der Waals surface area (Å²) in [5, 5.41) is 7.52. The molecule has 0 aliphatic heterocycles. The first-order valence-corrected chi connectivity index (χ1v) is 13.2. The van der Waals surface area contributed by atoms with E-state index < -0.39 is 27.0 Å². The van der Waals surface area contributed by atoms with E-state index in [0.717, 1.165) is 18.8 Å². The fraction of sp³-hybridized carbons (Fsp3) is 0.333. The highest BCUT2D eigenvalue weighted by Crippen LogP contribution is 2.40. The van der Waals surface area contributed by atoms with E-state index >= 15 is 0 Å². The minimum absolute atomic E-state index is 0.0708. The fourth-order valence-corrected chi connectivity index (χ4v) is 6.37. The van der Waals surface area contributed by atoms with Crippen LogP contribution in [0.25, 0.3) is 17.3 Å². The van der Waals surface area contributed by atoms with Crippen molar-refractivity contribution in [2.24, 2.45) is 0 Å². The quantitative estimate of drug-likeness (QED) is 0.361. The van der Waals surface area contributed by atoms with E-state index in [1.165, 1.54) is 25.0 Å². The minimum atomic E-state index is -4.03. The van der Waals surface area contributed by atoms with E-state index in [9.17, 15) is 12.8 Å². The molecule has 3 aromatic heterocycles. The van der Waals surface area contributed by atoms with Crippen molar-refractivity contribution < 1.29 is 26.7 Å². The molecule has 0 amide bonds. The summed E-state index contributed by atoms with van der Waals surface area (Å²) >= 11 is 0. The van der Waals surface area contributed by atoms with Gasteiger partial charge in [0.05, 0.1) is 38.1 Å². The number of furan rings is 1. The zero-order valence-corrected chi connectivity index (χ0v) is 21.0. The molecule has 1 aromatic carbocycles. The Bertz CT molecular complexity index is 1450. The highest BCUT2D eigenvalue weighted by atomic mass is 32.2. The first kappa shape index (κ1) is 24.7. The maximum Gasteiger partial charge on any atom is 0.243 e. The molecule has 5 rings (SSSR count). The van der Waals surface area contributed by atoms with Gasteiger partial charge in [0.15, 0.2) is 11.6 Å². The van der Waals surface area contributed by atoms with Crippen LogP contribution in [0, 0.1) is 5.82 Å². The number of nitrogens with one attached hydrogen (secondary N) is 1. The average Bonchev–Trinajstić information content (AvgIpc) is 3.58.